The zero-order chi connectivity index (χ0) is 23.2. The minimum Gasteiger partial charge on any atom is -0.494 e. The van der Waals surface area contributed by atoms with Gasteiger partial charge in [0.25, 0.3) is 11.8 Å². The molecule has 6 nitrogen and oxygen atoms in total. The van der Waals surface area contributed by atoms with E-state index in [1.807, 2.05) is 42.5 Å². The van der Waals surface area contributed by atoms with Crippen LogP contribution in [0.5, 0.6) is 5.75 Å². The second-order valence-electron chi connectivity index (χ2n) is 8.52. The Bertz CT molecular complexity index is 993. The van der Waals surface area contributed by atoms with Crippen LogP contribution >= 0.6 is 0 Å². The molecule has 0 atom stereocenters. The topological polar surface area (TPSA) is 53.1 Å². The predicted octanol–water partition coefficient (Wildman–Crippen LogP) is 4.18. The van der Waals surface area contributed by atoms with Gasteiger partial charge in [0.2, 0.25) is 0 Å². The van der Waals surface area contributed by atoms with Gasteiger partial charge in [0.1, 0.15) is 11.4 Å². The van der Waals surface area contributed by atoms with Crippen molar-refractivity contribution < 1.29 is 14.3 Å². The molecule has 0 aliphatic carbocycles. The molecule has 0 radical (unpaired) electrons. The highest BCUT2D eigenvalue weighted by Gasteiger charge is 2.41. The molecule has 2 aromatic carbocycles. The van der Waals surface area contributed by atoms with Gasteiger partial charge < -0.3 is 14.5 Å². The fraction of sp³-hybridized carbons (Fsp3) is 0.407. The third-order valence-corrected chi connectivity index (χ3v) is 6.21. The van der Waals surface area contributed by atoms with E-state index in [-0.39, 0.29) is 11.8 Å². The van der Waals surface area contributed by atoms with E-state index in [4.69, 9.17) is 4.74 Å². The summed E-state index contributed by atoms with van der Waals surface area (Å²) in [6, 6.07) is 17.9. The molecular weight excluding hydrogens is 414 g/mol. The Kier molecular flexibility index (Phi) is 7.33. The van der Waals surface area contributed by atoms with E-state index in [0.717, 1.165) is 43.7 Å². The number of amides is 2. The van der Waals surface area contributed by atoms with Gasteiger partial charge in [-0.25, -0.2) is 0 Å². The summed E-state index contributed by atoms with van der Waals surface area (Å²) in [6.07, 6.45) is 2.68. The lowest BCUT2D eigenvalue weighted by Gasteiger charge is -2.37. The van der Waals surface area contributed by atoms with Crippen LogP contribution < -0.4 is 9.64 Å². The molecular formula is C27H33N3O3. The highest BCUT2D eigenvalue weighted by molar-refractivity contribution is 6.35. The van der Waals surface area contributed by atoms with Crippen molar-refractivity contribution in [3.8, 4) is 5.75 Å². The molecule has 1 fully saturated rings. The van der Waals surface area contributed by atoms with E-state index < -0.39 is 0 Å². The number of rotatable bonds is 9. The lowest BCUT2D eigenvalue weighted by molar-refractivity contribution is -0.137. The van der Waals surface area contributed by atoms with Gasteiger partial charge in [0, 0.05) is 38.4 Å². The zero-order valence-corrected chi connectivity index (χ0v) is 19.6. The van der Waals surface area contributed by atoms with Crippen molar-refractivity contribution in [2.75, 3.05) is 44.2 Å². The Morgan fingerprint density at radius 3 is 2.09 bits per heavy atom. The second kappa shape index (κ2) is 10.6. The number of hydrogen-bond donors (Lipinski definition) is 0. The average Bonchev–Trinajstić information content (AvgIpc) is 3.11. The first kappa shape index (κ1) is 22.9. The number of hydrogen-bond acceptors (Lipinski definition) is 5. The van der Waals surface area contributed by atoms with Crippen LogP contribution in [0.4, 0.5) is 5.69 Å². The summed E-state index contributed by atoms with van der Waals surface area (Å²) >= 11 is 0. The fourth-order valence-electron chi connectivity index (χ4n) is 4.40. The van der Waals surface area contributed by atoms with Gasteiger partial charge >= 0.3 is 0 Å². The van der Waals surface area contributed by atoms with E-state index in [1.165, 1.54) is 10.6 Å². The Morgan fingerprint density at radius 2 is 1.45 bits per heavy atom. The minimum atomic E-state index is -0.184. The first-order chi connectivity index (χ1) is 16.1. The van der Waals surface area contributed by atoms with Crippen LogP contribution in [-0.4, -0.2) is 60.9 Å². The van der Waals surface area contributed by atoms with E-state index in [9.17, 15) is 9.59 Å². The summed E-state index contributed by atoms with van der Waals surface area (Å²) in [6.45, 7) is 8.26. The number of carbonyl (C=O) groups is 2. The summed E-state index contributed by atoms with van der Waals surface area (Å²) in [5.74, 6) is 0.429. The maximum atomic E-state index is 13.4. The summed E-state index contributed by atoms with van der Waals surface area (Å²) in [7, 11) is 0. The highest BCUT2D eigenvalue weighted by atomic mass is 16.5. The second-order valence-corrected chi connectivity index (χ2v) is 8.52. The molecule has 0 bridgehead atoms. The van der Waals surface area contributed by atoms with Gasteiger partial charge in [-0.2, -0.15) is 0 Å². The maximum absolute atomic E-state index is 13.4. The monoisotopic (exact) mass is 447 g/mol. The molecule has 0 spiro atoms. The van der Waals surface area contributed by atoms with Crippen molar-refractivity contribution in [1.82, 2.24) is 9.80 Å². The van der Waals surface area contributed by atoms with Crippen LogP contribution in [0.2, 0.25) is 0 Å². The third-order valence-electron chi connectivity index (χ3n) is 6.21. The molecule has 0 unspecified atom stereocenters. The molecule has 2 amide bonds. The quantitative estimate of drug-likeness (QED) is 0.540. The molecule has 4 rings (SSSR count). The minimum absolute atomic E-state index is 0.164. The van der Waals surface area contributed by atoms with Crippen LogP contribution in [0.3, 0.4) is 0 Å². The van der Waals surface area contributed by atoms with Crippen LogP contribution in [-0.2, 0) is 9.59 Å². The molecule has 0 aromatic heterocycles. The van der Waals surface area contributed by atoms with Gasteiger partial charge in [0.05, 0.1) is 12.2 Å². The smallest absolute Gasteiger partial charge is 0.277 e. The van der Waals surface area contributed by atoms with Crippen LogP contribution in [0.15, 0.2) is 60.3 Å². The largest absolute Gasteiger partial charge is 0.494 e. The van der Waals surface area contributed by atoms with E-state index >= 15 is 0 Å². The van der Waals surface area contributed by atoms with Crippen LogP contribution in [0, 0.1) is 0 Å². The summed E-state index contributed by atoms with van der Waals surface area (Å²) in [5, 5.41) is 0. The first-order valence-electron chi connectivity index (χ1n) is 12.0. The Labute approximate surface area is 196 Å². The number of benzene rings is 2. The van der Waals surface area contributed by atoms with Gasteiger partial charge in [-0.1, -0.05) is 50.6 Å². The van der Waals surface area contributed by atoms with Crippen molar-refractivity contribution in [2.45, 2.75) is 33.1 Å². The molecule has 2 aliphatic rings. The Morgan fingerprint density at radius 1 is 0.788 bits per heavy atom. The normalized spacial score (nSPS) is 16.7. The van der Waals surface area contributed by atoms with Crippen molar-refractivity contribution in [2.24, 2.45) is 0 Å². The average molecular weight is 448 g/mol. The number of ether oxygens (including phenoxy) is 1. The SMILES string of the molecule is CCCCN1C(=O)C(c2ccc(OCCC)cc2)=C(N2CCN(c3ccccc3)CC2)C1=O. The molecule has 6 heteroatoms. The first-order valence-corrected chi connectivity index (χ1v) is 12.0. The number of nitrogens with zero attached hydrogens (tertiary/aromatic N) is 3. The molecule has 33 heavy (non-hydrogen) atoms. The van der Waals surface area contributed by atoms with Crippen LogP contribution in [0.1, 0.15) is 38.7 Å². The number of carbonyl (C=O) groups excluding carboxylic acids is 2. The summed E-state index contributed by atoms with van der Waals surface area (Å²) in [5.41, 5.74) is 3.03. The summed E-state index contributed by atoms with van der Waals surface area (Å²) < 4.78 is 5.70. The van der Waals surface area contributed by atoms with Gasteiger partial charge in [-0.3, -0.25) is 14.5 Å². The van der Waals surface area contributed by atoms with Gasteiger partial charge in [-0.05, 0) is 42.7 Å². The van der Waals surface area contributed by atoms with Crippen molar-refractivity contribution in [3.63, 3.8) is 0 Å². The van der Waals surface area contributed by atoms with E-state index in [2.05, 4.69) is 35.8 Å². The Balaban J connectivity index is 1.60. The number of anilines is 1. The van der Waals surface area contributed by atoms with Gasteiger partial charge in [0.15, 0.2) is 0 Å². The molecule has 2 aliphatic heterocycles. The van der Waals surface area contributed by atoms with Crippen molar-refractivity contribution in [3.05, 3.63) is 65.9 Å². The van der Waals surface area contributed by atoms with Gasteiger partial charge in [-0.15, -0.1) is 0 Å². The molecule has 1 saturated heterocycles. The molecule has 2 heterocycles. The Hall–Kier alpha value is -3.28. The standard InChI is InChI=1S/C27H33N3O3/c1-3-5-15-30-26(31)24(21-11-13-23(14-12-21)33-20-4-2)25(27(30)32)29-18-16-28(17-19-29)22-9-7-6-8-10-22/h6-14H,3-5,15-20H2,1-2H3. The predicted molar refractivity (Wildman–Crippen MR) is 131 cm³/mol. The van der Waals surface area contributed by atoms with Crippen LogP contribution in [0.25, 0.3) is 5.57 Å². The molecule has 174 valence electrons. The zero-order valence-electron chi connectivity index (χ0n) is 19.6. The lowest BCUT2D eigenvalue weighted by Crippen LogP contribution is -2.47. The highest BCUT2D eigenvalue weighted by Crippen LogP contribution is 2.33. The summed E-state index contributed by atoms with van der Waals surface area (Å²) in [4.78, 5) is 32.7. The van der Waals surface area contributed by atoms with Crippen molar-refractivity contribution >= 4 is 23.1 Å². The van der Waals surface area contributed by atoms with Crippen molar-refractivity contribution in [1.29, 1.82) is 0 Å². The van der Waals surface area contributed by atoms with E-state index in [1.54, 1.807) is 0 Å². The number of para-hydroxylation sites is 1. The maximum Gasteiger partial charge on any atom is 0.277 e. The van der Waals surface area contributed by atoms with E-state index in [0.29, 0.717) is 37.5 Å². The number of imide groups is 1. The number of unbranched alkanes of at least 4 members (excludes halogenated alkanes) is 1. The third kappa shape index (κ3) is 4.90. The molecule has 2 aromatic rings. The molecule has 0 N–H and O–H groups in total. The lowest BCUT2D eigenvalue weighted by atomic mass is 10.0. The number of piperazine rings is 1. The molecule has 0 saturated carbocycles. The fourth-order valence-corrected chi connectivity index (χ4v) is 4.40.